The van der Waals surface area contributed by atoms with Crippen molar-refractivity contribution < 1.29 is 9.53 Å². The Morgan fingerprint density at radius 2 is 2.11 bits per heavy atom. The zero-order valence-electron chi connectivity index (χ0n) is 10.8. The maximum Gasteiger partial charge on any atom is 0.338 e. The number of ether oxygens (including phenoxy) is 1. The number of hydrogen-bond donors (Lipinski definition) is 0. The van der Waals surface area contributed by atoms with Gasteiger partial charge in [0, 0.05) is 22.5 Å². The molecule has 0 bridgehead atoms. The number of hydrogen-bond acceptors (Lipinski definition) is 4. The second-order valence-electron chi connectivity index (χ2n) is 4.55. The highest BCUT2D eigenvalue weighted by molar-refractivity contribution is 7.10. The van der Waals surface area contributed by atoms with Gasteiger partial charge in [-0.2, -0.15) is 0 Å². The lowest BCUT2D eigenvalue weighted by atomic mass is 10.0. The Balaban J connectivity index is 1.86. The quantitative estimate of drug-likeness (QED) is 0.787. The summed E-state index contributed by atoms with van der Waals surface area (Å²) >= 11 is 1.65. The molecule has 1 aromatic carbocycles. The summed E-state index contributed by atoms with van der Waals surface area (Å²) in [5.74, 6) is -0.217. The first-order valence-electron chi connectivity index (χ1n) is 6.27. The predicted molar refractivity (Wildman–Crippen MR) is 76.9 cm³/mol. The number of esters is 1. The summed E-state index contributed by atoms with van der Waals surface area (Å²) in [6, 6.07) is 10.4. The van der Waals surface area contributed by atoms with E-state index in [1.807, 2.05) is 11.4 Å². The highest BCUT2D eigenvalue weighted by Gasteiger charge is 2.24. The third-order valence-electron chi connectivity index (χ3n) is 3.47. The van der Waals surface area contributed by atoms with E-state index in [0.717, 1.165) is 25.1 Å². The number of rotatable bonds is 2. The monoisotopic (exact) mass is 273 g/mol. The molecule has 0 radical (unpaired) electrons. The van der Waals surface area contributed by atoms with Crippen LogP contribution in [0.25, 0.3) is 0 Å². The summed E-state index contributed by atoms with van der Waals surface area (Å²) < 4.78 is 4.83. The Kier molecular flexibility index (Phi) is 3.25. The average molecular weight is 273 g/mol. The molecule has 0 fully saturated rings. The van der Waals surface area contributed by atoms with Crippen LogP contribution in [0, 0.1) is 0 Å². The van der Waals surface area contributed by atoms with Gasteiger partial charge in [-0.3, -0.25) is 0 Å². The molecule has 0 atom stereocenters. The minimum Gasteiger partial charge on any atom is -0.465 e. The fourth-order valence-corrected chi connectivity index (χ4v) is 3.55. The highest BCUT2D eigenvalue weighted by Crippen LogP contribution is 2.31. The van der Waals surface area contributed by atoms with Gasteiger partial charge in [-0.1, -0.05) is 18.2 Å². The van der Waals surface area contributed by atoms with Crippen molar-refractivity contribution >= 4 is 23.0 Å². The van der Waals surface area contributed by atoms with Crippen LogP contribution >= 0.6 is 11.3 Å². The molecule has 2 heterocycles. The van der Waals surface area contributed by atoms with E-state index < -0.39 is 0 Å². The Morgan fingerprint density at radius 1 is 1.32 bits per heavy atom. The lowest BCUT2D eigenvalue weighted by molar-refractivity contribution is 0.0600. The second kappa shape index (κ2) is 5.05. The molecular formula is C15H15NO2S. The first-order chi connectivity index (χ1) is 9.29. The molecule has 1 aliphatic heterocycles. The molecule has 0 aliphatic carbocycles. The van der Waals surface area contributed by atoms with Gasteiger partial charge in [0.25, 0.3) is 0 Å². The molecule has 3 nitrogen and oxygen atoms in total. The fourth-order valence-electron chi connectivity index (χ4n) is 2.47. The topological polar surface area (TPSA) is 29.5 Å². The van der Waals surface area contributed by atoms with Gasteiger partial charge in [0.05, 0.1) is 19.2 Å². The van der Waals surface area contributed by atoms with Crippen molar-refractivity contribution in [3.63, 3.8) is 0 Å². The number of nitrogens with zero attached hydrogens (tertiary/aromatic N) is 1. The smallest absolute Gasteiger partial charge is 0.338 e. The van der Waals surface area contributed by atoms with Gasteiger partial charge in [0.2, 0.25) is 0 Å². The number of benzene rings is 1. The SMILES string of the molecule is COC(=O)c1csc2c1CCN(c1ccccc1)C2. The van der Waals surface area contributed by atoms with Crippen LogP contribution < -0.4 is 4.90 Å². The minimum atomic E-state index is -0.217. The molecule has 0 spiro atoms. The number of methoxy groups -OCH3 is 1. The molecule has 98 valence electrons. The molecule has 2 aromatic rings. The van der Waals surface area contributed by atoms with Crippen LogP contribution in [0.2, 0.25) is 0 Å². The van der Waals surface area contributed by atoms with Crippen molar-refractivity contribution in [3.8, 4) is 0 Å². The Hall–Kier alpha value is -1.81. The van der Waals surface area contributed by atoms with Crippen LogP contribution in [0.4, 0.5) is 5.69 Å². The first kappa shape index (κ1) is 12.2. The molecule has 0 amide bonds. The largest absolute Gasteiger partial charge is 0.465 e. The average Bonchev–Trinajstić information content (AvgIpc) is 2.90. The minimum absolute atomic E-state index is 0.217. The molecule has 0 saturated carbocycles. The number of anilines is 1. The Morgan fingerprint density at radius 3 is 2.84 bits per heavy atom. The number of thiophene rings is 1. The molecule has 4 heteroatoms. The number of carbonyl (C=O) groups is 1. The van der Waals surface area contributed by atoms with Crippen LogP contribution in [0.1, 0.15) is 20.8 Å². The van der Waals surface area contributed by atoms with Crippen molar-refractivity contribution in [2.24, 2.45) is 0 Å². The predicted octanol–water partition coefficient (Wildman–Crippen LogP) is 3.10. The molecule has 0 N–H and O–H groups in total. The Labute approximate surface area is 116 Å². The van der Waals surface area contributed by atoms with Crippen molar-refractivity contribution in [1.29, 1.82) is 0 Å². The number of para-hydroxylation sites is 1. The van der Waals surface area contributed by atoms with Crippen LogP contribution in [0.15, 0.2) is 35.7 Å². The lowest BCUT2D eigenvalue weighted by Gasteiger charge is -2.29. The van der Waals surface area contributed by atoms with E-state index in [9.17, 15) is 4.79 Å². The zero-order chi connectivity index (χ0) is 13.2. The summed E-state index contributed by atoms with van der Waals surface area (Å²) in [6.45, 7) is 1.82. The van der Waals surface area contributed by atoms with Crippen molar-refractivity contribution in [2.45, 2.75) is 13.0 Å². The van der Waals surface area contributed by atoms with E-state index in [-0.39, 0.29) is 5.97 Å². The molecule has 0 unspecified atom stereocenters. The number of carbonyl (C=O) groups excluding carboxylic acids is 1. The third kappa shape index (κ3) is 2.24. The van der Waals surface area contributed by atoms with Gasteiger partial charge in [-0.15, -0.1) is 11.3 Å². The first-order valence-corrected chi connectivity index (χ1v) is 7.15. The summed E-state index contributed by atoms with van der Waals surface area (Å²) in [7, 11) is 1.44. The summed E-state index contributed by atoms with van der Waals surface area (Å²) in [5, 5.41) is 1.92. The van der Waals surface area contributed by atoms with Gasteiger partial charge in [0.15, 0.2) is 0 Å². The zero-order valence-corrected chi connectivity index (χ0v) is 11.6. The van der Waals surface area contributed by atoms with Gasteiger partial charge in [-0.25, -0.2) is 4.79 Å². The number of fused-ring (bicyclic) bond motifs is 1. The lowest BCUT2D eigenvalue weighted by Crippen LogP contribution is -2.30. The summed E-state index contributed by atoms with van der Waals surface area (Å²) in [5.41, 5.74) is 3.15. The maximum atomic E-state index is 11.7. The fraction of sp³-hybridized carbons (Fsp3) is 0.267. The standard InChI is InChI=1S/C15H15NO2S/c1-18-15(17)13-10-19-14-9-16(8-7-12(13)14)11-5-3-2-4-6-11/h2-6,10H,7-9H2,1H3. The molecule has 3 rings (SSSR count). The normalized spacial score (nSPS) is 14.1. The van der Waals surface area contributed by atoms with E-state index in [2.05, 4.69) is 29.2 Å². The van der Waals surface area contributed by atoms with Crippen LogP contribution in [-0.4, -0.2) is 19.6 Å². The van der Waals surface area contributed by atoms with Crippen molar-refractivity contribution in [1.82, 2.24) is 0 Å². The van der Waals surface area contributed by atoms with E-state index in [4.69, 9.17) is 4.74 Å². The van der Waals surface area contributed by atoms with E-state index >= 15 is 0 Å². The van der Waals surface area contributed by atoms with Crippen LogP contribution in [0.3, 0.4) is 0 Å². The summed E-state index contributed by atoms with van der Waals surface area (Å²) in [4.78, 5) is 15.3. The van der Waals surface area contributed by atoms with Crippen molar-refractivity contribution in [2.75, 3.05) is 18.6 Å². The maximum absolute atomic E-state index is 11.7. The van der Waals surface area contributed by atoms with Crippen molar-refractivity contribution in [3.05, 3.63) is 51.7 Å². The summed E-state index contributed by atoms with van der Waals surface area (Å²) in [6.07, 6.45) is 0.901. The van der Waals surface area contributed by atoms with Gasteiger partial charge in [0.1, 0.15) is 0 Å². The molecule has 19 heavy (non-hydrogen) atoms. The highest BCUT2D eigenvalue weighted by atomic mass is 32.1. The van der Waals surface area contributed by atoms with E-state index in [1.54, 1.807) is 11.3 Å². The van der Waals surface area contributed by atoms with Crippen LogP contribution in [0.5, 0.6) is 0 Å². The van der Waals surface area contributed by atoms with Gasteiger partial charge in [-0.05, 0) is 24.1 Å². The molecular weight excluding hydrogens is 258 g/mol. The van der Waals surface area contributed by atoms with E-state index in [0.29, 0.717) is 0 Å². The van der Waals surface area contributed by atoms with Gasteiger partial charge < -0.3 is 9.64 Å². The van der Waals surface area contributed by atoms with Crippen LogP contribution in [-0.2, 0) is 17.7 Å². The molecule has 0 saturated heterocycles. The third-order valence-corrected chi connectivity index (χ3v) is 4.49. The van der Waals surface area contributed by atoms with E-state index in [1.165, 1.54) is 23.2 Å². The molecule has 1 aromatic heterocycles. The van der Waals surface area contributed by atoms with Gasteiger partial charge >= 0.3 is 5.97 Å². The molecule has 1 aliphatic rings. The Bertz CT molecular complexity index is 591. The second-order valence-corrected chi connectivity index (χ2v) is 5.51.